The van der Waals surface area contributed by atoms with Gasteiger partial charge >= 0.3 is 11.9 Å². The lowest BCUT2D eigenvalue weighted by Crippen LogP contribution is -2.53. The molecule has 0 aromatic carbocycles. The Morgan fingerprint density at radius 2 is 1.86 bits per heavy atom. The van der Waals surface area contributed by atoms with Gasteiger partial charge in [-0.1, -0.05) is 0 Å². The highest BCUT2D eigenvalue weighted by Crippen LogP contribution is 2.02. The van der Waals surface area contributed by atoms with Crippen molar-refractivity contribution in [1.29, 1.82) is 0 Å². The summed E-state index contributed by atoms with van der Waals surface area (Å²) in [6, 6.07) is -2.19. The largest absolute Gasteiger partial charge is 0.480 e. The van der Waals surface area contributed by atoms with E-state index in [2.05, 4.69) is 20.8 Å². The highest BCUT2D eigenvalue weighted by atomic mass is 16.4. The average Bonchev–Trinajstić information content (AvgIpc) is 2.81. The molecule has 122 valence electrons. The third-order valence-electron chi connectivity index (χ3n) is 2.89. The molecule has 0 spiro atoms. The van der Waals surface area contributed by atoms with Gasteiger partial charge < -0.3 is 20.9 Å². The van der Waals surface area contributed by atoms with Gasteiger partial charge in [0.05, 0.1) is 0 Å². The van der Waals surface area contributed by atoms with Crippen molar-refractivity contribution in [3.63, 3.8) is 0 Å². The number of hydrogen-bond donors (Lipinski definition) is 6. The van der Waals surface area contributed by atoms with Gasteiger partial charge in [0.2, 0.25) is 5.91 Å². The summed E-state index contributed by atoms with van der Waals surface area (Å²) < 4.78 is 0. The molecule has 0 unspecified atom stereocenters. The molecule has 0 radical (unpaired) electrons. The third-order valence-corrected chi connectivity index (χ3v) is 2.89. The number of carbonyl (C=O) groups excluding carboxylic acids is 1. The van der Waals surface area contributed by atoms with Crippen molar-refractivity contribution in [2.24, 2.45) is 5.73 Å². The molecule has 0 bridgehead atoms. The topological polar surface area (TPSA) is 170 Å². The van der Waals surface area contributed by atoms with Crippen LogP contribution in [0.15, 0.2) is 6.20 Å². The Hall–Kier alpha value is -2.46. The zero-order valence-electron chi connectivity index (χ0n) is 12.0. The van der Waals surface area contributed by atoms with E-state index in [0.717, 1.165) is 0 Å². The van der Waals surface area contributed by atoms with E-state index in [1.54, 1.807) is 6.92 Å². The van der Waals surface area contributed by atoms with Crippen LogP contribution < -0.4 is 16.6 Å². The lowest BCUT2D eigenvalue weighted by Gasteiger charge is -2.19. The number of imidazole rings is 1. The molecule has 0 saturated carbocycles. The van der Waals surface area contributed by atoms with Crippen molar-refractivity contribution in [2.75, 3.05) is 0 Å². The van der Waals surface area contributed by atoms with Gasteiger partial charge in [-0.2, -0.15) is 0 Å². The molecule has 0 aliphatic heterocycles. The van der Waals surface area contributed by atoms with Crippen LogP contribution in [0, 0.1) is 6.92 Å². The summed E-state index contributed by atoms with van der Waals surface area (Å²) in [6.07, 6.45) is 1.43. The highest BCUT2D eigenvalue weighted by molar-refractivity contribution is 5.77. The highest BCUT2D eigenvalue weighted by Gasteiger charge is 2.23. The predicted octanol–water partition coefficient (Wildman–Crippen LogP) is -1.47. The second-order valence-electron chi connectivity index (χ2n) is 4.77. The minimum absolute atomic E-state index is 0.0484. The number of aryl methyl sites for hydroxylation is 1. The van der Waals surface area contributed by atoms with Crippen LogP contribution in [0.3, 0.4) is 0 Å². The Kier molecular flexibility index (Phi) is 6.47. The molecular formula is C12H19N5O5. The van der Waals surface area contributed by atoms with Crippen LogP contribution in [0.1, 0.15) is 24.4 Å². The summed E-state index contributed by atoms with van der Waals surface area (Å²) in [7, 11) is 0. The van der Waals surface area contributed by atoms with Crippen LogP contribution in [0.25, 0.3) is 0 Å². The number of primary amides is 1. The number of nitrogens with two attached hydrogens (primary N) is 1. The fraction of sp³-hybridized carbons (Fsp3) is 0.500. The molecule has 1 rings (SSSR count). The van der Waals surface area contributed by atoms with Crippen LogP contribution in [0.2, 0.25) is 0 Å². The van der Waals surface area contributed by atoms with Crippen molar-refractivity contribution >= 4 is 17.8 Å². The van der Waals surface area contributed by atoms with Gasteiger partial charge in [-0.05, 0) is 13.3 Å². The average molecular weight is 313 g/mol. The second-order valence-corrected chi connectivity index (χ2v) is 4.77. The van der Waals surface area contributed by atoms with Crippen molar-refractivity contribution in [3.8, 4) is 0 Å². The number of carbonyl (C=O) groups is 3. The van der Waals surface area contributed by atoms with Crippen LogP contribution in [0.4, 0.5) is 0 Å². The fourth-order valence-electron chi connectivity index (χ4n) is 1.74. The van der Waals surface area contributed by atoms with Crippen LogP contribution >= 0.6 is 0 Å². The van der Waals surface area contributed by atoms with Gasteiger partial charge in [0, 0.05) is 24.7 Å². The van der Waals surface area contributed by atoms with E-state index in [1.807, 2.05) is 0 Å². The maximum absolute atomic E-state index is 11.2. The number of nitrogens with zero attached hydrogens (tertiary/aromatic N) is 1. The number of aromatic nitrogens is 2. The zero-order valence-corrected chi connectivity index (χ0v) is 12.0. The number of carboxylic acid groups (broad SMARTS) is 2. The quantitative estimate of drug-likeness (QED) is 0.284. The molecule has 22 heavy (non-hydrogen) atoms. The predicted molar refractivity (Wildman–Crippen MR) is 74.6 cm³/mol. The summed E-state index contributed by atoms with van der Waals surface area (Å²) in [5, 5.41) is 18.2. The van der Waals surface area contributed by atoms with E-state index in [0.29, 0.717) is 11.5 Å². The summed E-state index contributed by atoms with van der Waals surface area (Å²) in [4.78, 5) is 39.8. The van der Waals surface area contributed by atoms with Gasteiger partial charge in [-0.3, -0.25) is 14.4 Å². The maximum Gasteiger partial charge on any atom is 0.322 e. The Labute approximate surface area is 126 Å². The van der Waals surface area contributed by atoms with Crippen molar-refractivity contribution in [3.05, 3.63) is 17.7 Å². The maximum atomic E-state index is 11.2. The zero-order chi connectivity index (χ0) is 16.7. The molecule has 1 amide bonds. The monoisotopic (exact) mass is 313 g/mol. The van der Waals surface area contributed by atoms with Gasteiger partial charge in [0.25, 0.3) is 0 Å². The number of hydrogen-bond acceptors (Lipinski definition) is 6. The molecule has 1 aromatic heterocycles. The van der Waals surface area contributed by atoms with E-state index in [-0.39, 0.29) is 19.3 Å². The van der Waals surface area contributed by atoms with Crippen molar-refractivity contribution in [1.82, 2.24) is 20.8 Å². The minimum atomic E-state index is -1.21. The van der Waals surface area contributed by atoms with Crippen molar-refractivity contribution in [2.45, 2.75) is 38.3 Å². The lowest BCUT2D eigenvalue weighted by atomic mass is 10.1. The number of hydrazine groups is 1. The number of rotatable bonds is 10. The fourth-order valence-corrected chi connectivity index (χ4v) is 1.74. The van der Waals surface area contributed by atoms with Crippen molar-refractivity contribution < 1.29 is 24.6 Å². The number of carboxylic acids is 2. The Morgan fingerprint density at radius 1 is 1.27 bits per heavy atom. The lowest BCUT2D eigenvalue weighted by molar-refractivity contribution is -0.143. The van der Waals surface area contributed by atoms with Crippen LogP contribution in [0.5, 0.6) is 0 Å². The molecule has 10 heteroatoms. The first-order valence-corrected chi connectivity index (χ1v) is 6.55. The standard InChI is InChI=1S/C12H19N5O5/c1-6-14-5-7(15-6)4-9(12(21)22)17-16-8(11(19)20)2-3-10(13)18/h5,8-9,16-17H,2-4H2,1H3,(H2,13,18)(H,14,15)(H,19,20)(H,21,22)/t8-,9-/m0/s1. The number of nitrogens with one attached hydrogen (secondary N) is 3. The first-order valence-electron chi connectivity index (χ1n) is 6.55. The molecule has 10 nitrogen and oxygen atoms in total. The number of aromatic amines is 1. The number of amides is 1. The summed E-state index contributed by atoms with van der Waals surface area (Å²) in [5.74, 6) is -2.35. The van der Waals surface area contributed by atoms with E-state index < -0.39 is 29.9 Å². The van der Waals surface area contributed by atoms with Gasteiger partial charge in [-0.15, -0.1) is 0 Å². The number of aliphatic carboxylic acids is 2. The first kappa shape index (κ1) is 17.6. The number of H-pyrrole nitrogens is 1. The van der Waals surface area contributed by atoms with Gasteiger partial charge in [-0.25, -0.2) is 15.8 Å². The molecule has 0 aliphatic carbocycles. The van der Waals surface area contributed by atoms with E-state index >= 15 is 0 Å². The first-order chi connectivity index (χ1) is 10.3. The van der Waals surface area contributed by atoms with Crippen LogP contribution in [-0.2, 0) is 20.8 Å². The molecule has 1 aromatic rings. The Balaban J connectivity index is 2.59. The molecule has 0 aliphatic rings. The Morgan fingerprint density at radius 3 is 2.32 bits per heavy atom. The summed E-state index contributed by atoms with van der Waals surface area (Å²) in [5.41, 5.74) is 10.4. The van der Waals surface area contributed by atoms with Gasteiger partial charge in [0.15, 0.2) is 0 Å². The van der Waals surface area contributed by atoms with Gasteiger partial charge in [0.1, 0.15) is 17.9 Å². The molecule has 2 atom stereocenters. The second kappa shape index (κ2) is 8.10. The third kappa shape index (κ3) is 5.89. The van der Waals surface area contributed by atoms with E-state index in [4.69, 9.17) is 15.9 Å². The molecule has 0 saturated heterocycles. The summed E-state index contributed by atoms with van der Waals surface area (Å²) >= 11 is 0. The summed E-state index contributed by atoms with van der Waals surface area (Å²) in [6.45, 7) is 1.73. The van der Waals surface area contributed by atoms with Crippen LogP contribution in [-0.4, -0.2) is 50.1 Å². The SMILES string of the molecule is Cc1ncc(C[C@H](NN[C@@H](CCC(N)=O)C(=O)O)C(=O)O)[nH]1. The smallest absolute Gasteiger partial charge is 0.322 e. The van der Waals surface area contributed by atoms with E-state index in [1.165, 1.54) is 6.20 Å². The molecule has 0 fully saturated rings. The molecular weight excluding hydrogens is 294 g/mol. The Bertz CT molecular complexity index is 544. The minimum Gasteiger partial charge on any atom is -0.480 e. The molecule has 7 N–H and O–H groups in total. The normalized spacial score (nSPS) is 13.5. The molecule has 1 heterocycles. The van der Waals surface area contributed by atoms with E-state index in [9.17, 15) is 14.4 Å².